The van der Waals surface area contributed by atoms with E-state index in [0.717, 1.165) is 11.0 Å². The molecule has 1 N–H and O–H groups in total. The van der Waals surface area contributed by atoms with E-state index in [-0.39, 0.29) is 0 Å². The van der Waals surface area contributed by atoms with Crippen molar-refractivity contribution in [1.29, 1.82) is 5.26 Å². The summed E-state index contributed by atoms with van der Waals surface area (Å²) in [6.45, 7) is 8.62. The molecule has 1 saturated heterocycles. The Bertz CT molecular complexity index is 784. The van der Waals surface area contributed by atoms with E-state index >= 15 is 0 Å². The fourth-order valence-electron chi connectivity index (χ4n) is 2.60. The lowest BCUT2D eigenvalue weighted by molar-refractivity contribution is 0.00578. The number of nitrogens with zero attached hydrogens (tertiary/aromatic N) is 2. The van der Waals surface area contributed by atoms with Gasteiger partial charge in [0.1, 0.15) is 11.9 Å². The summed E-state index contributed by atoms with van der Waals surface area (Å²) in [7, 11) is -0.521. The van der Waals surface area contributed by atoms with E-state index in [2.05, 4.69) is 16.4 Å². The van der Waals surface area contributed by atoms with Gasteiger partial charge in [-0.3, -0.25) is 0 Å². The van der Waals surface area contributed by atoms with Crippen molar-refractivity contribution in [3.8, 4) is 6.07 Å². The lowest BCUT2D eigenvalue weighted by Gasteiger charge is -2.32. The molecular formula is C19H22BN3O2. The van der Waals surface area contributed by atoms with Gasteiger partial charge in [-0.25, -0.2) is 4.98 Å². The highest BCUT2D eigenvalue weighted by Gasteiger charge is 2.51. The average molecular weight is 335 g/mol. The molecule has 2 heterocycles. The highest BCUT2D eigenvalue weighted by Crippen LogP contribution is 2.36. The first-order chi connectivity index (χ1) is 11.8. The standard InChI is InChI=1S/C19H22BN3O2/c1-18(2)19(3,4)25-20(24-18)16-10-15(11-21)17(23-13-16)22-12-14-8-6-5-7-9-14/h5-10,13H,12H2,1-4H3,(H,22,23). The highest BCUT2D eigenvalue weighted by molar-refractivity contribution is 6.62. The van der Waals surface area contributed by atoms with Crippen molar-refractivity contribution >= 4 is 18.4 Å². The third-order valence-corrected chi connectivity index (χ3v) is 4.86. The van der Waals surface area contributed by atoms with Crippen LogP contribution in [-0.4, -0.2) is 23.3 Å². The first kappa shape index (κ1) is 17.5. The Morgan fingerprint density at radius 3 is 2.36 bits per heavy atom. The molecule has 128 valence electrons. The van der Waals surface area contributed by atoms with Gasteiger partial charge < -0.3 is 14.6 Å². The van der Waals surface area contributed by atoms with Crippen molar-refractivity contribution in [3.05, 3.63) is 53.7 Å². The van der Waals surface area contributed by atoms with Crippen LogP contribution >= 0.6 is 0 Å². The lowest BCUT2D eigenvalue weighted by atomic mass is 9.79. The number of hydrogen-bond acceptors (Lipinski definition) is 5. The maximum atomic E-state index is 9.48. The summed E-state index contributed by atoms with van der Waals surface area (Å²) >= 11 is 0. The lowest BCUT2D eigenvalue weighted by Crippen LogP contribution is -2.41. The third kappa shape index (κ3) is 3.53. The summed E-state index contributed by atoms with van der Waals surface area (Å²) in [5, 5.41) is 12.7. The minimum absolute atomic E-state index is 0.422. The highest BCUT2D eigenvalue weighted by atomic mass is 16.7. The molecule has 3 rings (SSSR count). The van der Waals surface area contributed by atoms with Crippen molar-refractivity contribution in [3.63, 3.8) is 0 Å². The van der Waals surface area contributed by atoms with Gasteiger partial charge in [0.05, 0.1) is 16.8 Å². The van der Waals surface area contributed by atoms with Crippen LogP contribution in [-0.2, 0) is 15.9 Å². The van der Waals surface area contributed by atoms with Gasteiger partial charge in [-0.15, -0.1) is 0 Å². The van der Waals surface area contributed by atoms with E-state index in [1.54, 1.807) is 12.3 Å². The second-order valence-corrected chi connectivity index (χ2v) is 7.20. The molecule has 1 aliphatic heterocycles. The van der Waals surface area contributed by atoms with E-state index < -0.39 is 18.3 Å². The van der Waals surface area contributed by atoms with Crippen LogP contribution < -0.4 is 10.8 Å². The minimum Gasteiger partial charge on any atom is -0.399 e. The molecule has 0 radical (unpaired) electrons. The van der Waals surface area contributed by atoms with E-state index in [0.29, 0.717) is 17.9 Å². The zero-order chi connectivity index (χ0) is 18.1. The van der Waals surface area contributed by atoms with Crippen LogP contribution in [0.15, 0.2) is 42.6 Å². The Labute approximate surface area is 149 Å². The SMILES string of the molecule is CC1(C)OB(c2cnc(NCc3ccccc3)c(C#N)c2)OC1(C)C. The fraction of sp³-hybridized carbons (Fsp3) is 0.368. The molecule has 0 atom stereocenters. The Morgan fingerprint density at radius 2 is 1.76 bits per heavy atom. The maximum absolute atomic E-state index is 9.48. The van der Waals surface area contributed by atoms with Crippen LogP contribution in [0.1, 0.15) is 38.8 Å². The van der Waals surface area contributed by atoms with E-state index in [1.807, 2.05) is 58.0 Å². The Balaban J connectivity index is 1.78. The molecule has 1 aliphatic rings. The molecule has 1 aromatic heterocycles. The Kier molecular flexibility index (Phi) is 4.55. The molecule has 0 spiro atoms. The number of pyridine rings is 1. The predicted molar refractivity (Wildman–Crippen MR) is 98.4 cm³/mol. The van der Waals surface area contributed by atoms with Gasteiger partial charge in [0.15, 0.2) is 0 Å². The smallest absolute Gasteiger partial charge is 0.399 e. The summed E-state index contributed by atoms with van der Waals surface area (Å²) in [6, 6.07) is 14.0. The number of anilines is 1. The van der Waals surface area contributed by atoms with Crippen LogP contribution in [0.2, 0.25) is 0 Å². The fourth-order valence-corrected chi connectivity index (χ4v) is 2.60. The number of benzene rings is 1. The van der Waals surface area contributed by atoms with Gasteiger partial charge in [-0.05, 0) is 39.3 Å². The summed E-state index contributed by atoms with van der Waals surface area (Å²) < 4.78 is 12.1. The van der Waals surface area contributed by atoms with Gasteiger partial charge in [0, 0.05) is 18.2 Å². The predicted octanol–water partition coefficient (Wildman–Crippen LogP) is 2.86. The molecule has 5 nitrogen and oxygen atoms in total. The van der Waals surface area contributed by atoms with Gasteiger partial charge in [-0.1, -0.05) is 30.3 Å². The number of nitrogens with one attached hydrogen (secondary N) is 1. The number of nitriles is 1. The largest absolute Gasteiger partial charge is 0.496 e. The number of aromatic nitrogens is 1. The topological polar surface area (TPSA) is 67.2 Å². The first-order valence-corrected chi connectivity index (χ1v) is 8.36. The van der Waals surface area contributed by atoms with E-state index in [9.17, 15) is 5.26 Å². The van der Waals surface area contributed by atoms with Crippen molar-refractivity contribution in [1.82, 2.24) is 4.98 Å². The van der Waals surface area contributed by atoms with Gasteiger partial charge in [-0.2, -0.15) is 5.26 Å². The number of hydrogen-bond donors (Lipinski definition) is 1. The van der Waals surface area contributed by atoms with E-state index in [1.165, 1.54) is 0 Å². The quantitative estimate of drug-likeness (QED) is 0.871. The molecule has 1 fully saturated rings. The molecular weight excluding hydrogens is 313 g/mol. The summed E-state index contributed by atoms with van der Waals surface area (Å²) in [6.07, 6.45) is 1.70. The van der Waals surface area contributed by atoms with Crippen LogP contribution in [0.25, 0.3) is 0 Å². The van der Waals surface area contributed by atoms with Gasteiger partial charge >= 0.3 is 7.12 Å². The normalized spacial score (nSPS) is 18.0. The Morgan fingerprint density at radius 1 is 1.12 bits per heavy atom. The summed E-state index contributed by atoms with van der Waals surface area (Å²) in [5.41, 5.74) is 1.51. The zero-order valence-electron chi connectivity index (χ0n) is 15.0. The molecule has 0 aliphatic carbocycles. The first-order valence-electron chi connectivity index (χ1n) is 8.36. The second-order valence-electron chi connectivity index (χ2n) is 7.20. The molecule has 0 amide bonds. The van der Waals surface area contributed by atoms with E-state index in [4.69, 9.17) is 9.31 Å². The Hall–Kier alpha value is -2.36. The van der Waals surface area contributed by atoms with Crippen LogP contribution in [0.5, 0.6) is 0 Å². The molecule has 1 aromatic carbocycles. The third-order valence-electron chi connectivity index (χ3n) is 4.86. The number of rotatable bonds is 4. The molecule has 2 aromatic rings. The maximum Gasteiger partial charge on any atom is 0.496 e. The van der Waals surface area contributed by atoms with Gasteiger partial charge in [0.25, 0.3) is 0 Å². The van der Waals surface area contributed by atoms with Crippen molar-refractivity contribution in [2.75, 3.05) is 5.32 Å². The average Bonchev–Trinajstić information content (AvgIpc) is 2.81. The summed E-state index contributed by atoms with van der Waals surface area (Å²) in [4.78, 5) is 4.41. The molecule has 6 heteroatoms. The van der Waals surface area contributed by atoms with Crippen LogP contribution in [0, 0.1) is 11.3 Å². The summed E-state index contributed by atoms with van der Waals surface area (Å²) in [5.74, 6) is 0.562. The van der Waals surface area contributed by atoms with Crippen molar-refractivity contribution in [2.24, 2.45) is 0 Å². The van der Waals surface area contributed by atoms with Crippen LogP contribution in [0.4, 0.5) is 5.82 Å². The molecule has 0 unspecified atom stereocenters. The molecule has 0 bridgehead atoms. The van der Waals surface area contributed by atoms with Crippen molar-refractivity contribution < 1.29 is 9.31 Å². The van der Waals surface area contributed by atoms with Crippen LogP contribution in [0.3, 0.4) is 0 Å². The monoisotopic (exact) mass is 335 g/mol. The second kappa shape index (κ2) is 6.51. The molecule has 25 heavy (non-hydrogen) atoms. The zero-order valence-corrected chi connectivity index (χ0v) is 15.0. The molecule has 0 saturated carbocycles. The van der Waals surface area contributed by atoms with Gasteiger partial charge in [0.2, 0.25) is 0 Å². The minimum atomic E-state index is -0.521. The van der Waals surface area contributed by atoms with Crippen molar-refractivity contribution in [2.45, 2.75) is 45.4 Å².